The van der Waals surface area contributed by atoms with Crippen LogP contribution in [0.3, 0.4) is 0 Å². The molecule has 0 bridgehead atoms. The molecule has 0 aliphatic rings. The van der Waals surface area contributed by atoms with Gasteiger partial charge in [-0.05, 0) is 30.7 Å². The van der Waals surface area contributed by atoms with Crippen molar-refractivity contribution in [3.63, 3.8) is 0 Å². The number of nitrogen functional groups attached to an aromatic ring is 1. The lowest BCUT2D eigenvalue weighted by Gasteiger charge is -2.11. The first-order chi connectivity index (χ1) is 9.83. The van der Waals surface area contributed by atoms with E-state index in [1.807, 2.05) is 0 Å². The van der Waals surface area contributed by atoms with Crippen molar-refractivity contribution in [2.45, 2.75) is 11.8 Å². The van der Waals surface area contributed by atoms with Crippen LogP contribution in [-0.2, 0) is 10.0 Å². The lowest BCUT2D eigenvalue weighted by Crippen LogP contribution is -2.14. The number of rotatable bonds is 4. The van der Waals surface area contributed by atoms with Gasteiger partial charge in [-0.15, -0.1) is 0 Å². The third kappa shape index (κ3) is 3.37. The molecule has 0 amide bonds. The molecule has 21 heavy (non-hydrogen) atoms. The highest BCUT2D eigenvalue weighted by Gasteiger charge is 2.17. The molecule has 0 fully saturated rings. The predicted octanol–water partition coefficient (Wildman–Crippen LogP) is 2.44. The van der Waals surface area contributed by atoms with Gasteiger partial charge in [0.25, 0.3) is 10.0 Å². The average molecular weight is 328 g/mol. The normalized spacial score (nSPS) is 11.2. The molecule has 112 valence electrons. The first-order valence-corrected chi connectivity index (χ1v) is 7.78. The number of aromatic nitrogens is 1. The summed E-state index contributed by atoms with van der Waals surface area (Å²) in [5.74, 6) is 0.393. The fourth-order valence-electron chi connectivity index (χ4n) is 1.69. The van der Waals surface area contributed by atoms with Crippen LogP contribution in [0.25, 0.3) is 0 Å². The van der Waals surface area contributed by atoms with Crippen LogP contribution in [0.4, 0.5) is 11.4 Å². The van der Waals surface area contributed by atoms with Gasteiger partial charge in [-0.3, -0.25) is 4.72 Å². The van der Waals surface area contributed by atoms with E-state index < -0.39 is 10.0 Å². The summed E-state index contributed by atoms with van der Waals surface area (Å²) >= 11 is 5.93. The molecule has 0 spiro atoms. The minimum atomic E-state index is -3.76. The van der Waals surface area contributed by atoms with E-state index in [0.717, 1.165) is 0 Å². The SMILES string of the molecule is COc1ccc(NS(=O)(=O)c2cc(C)c(Cl)c(N)c2)cn1. The molecule has 1 aromatic carbocycles. The van der Waals surface area contributed by atoms with E-state index in [1.165, 1.54) is 25.4 Å². The van der Waals surface area contributed by atoms with Crippen LogP contribution in [0.15, 0.2) is 35.4 Å². The lowest BCUT2D eigenvalue weighted by molar-refractivity contribution is 0.398. The van der Waals surface area contributed by atoms with Gasteiger partial charge < -0.3 is 10.5 Å². The second-order valence-corrected chi connectivity index (χ2v) is 6.40. The topological polar surface area (TPSA) is 94.3 Å². The number of methoxy groups -OCH3 is 1. The van der Waals surface area contributed by atoms with Crippen molar-refractivity contribution in [3.05, 3.63) is 41.0 Å². The largest absolute Gasteiger partial charge is 0.481 e. The van der Waals surface area contributed by atoms with Crippen molar-refractivity contribution in [1.29, 1.82) is 0 Å². The highest BCUT2D eigenvalue weighted by molar-refractivity contribution is 7.92. The van der Waals surface area contributed by atoms with Gasteiger partial charge in [0.15, 0.2) is 0 Å². The van der Waals surface area contributed by atoms with Gasteiger partial charge >= 0.3 is 0 Å². The summed E-state index contributed by atoms with van der Waals surface area (Å²) in [6.45, 7) is 1.69. The summed E-state index contributed by atoms with van der Waals surface area (Å²) in [5, 5.41) is 0.347. The van der Waals surface area contributed by atoms with Crippen molar-refractivity contribution in [3.8, 4) is 5.88 Å². The first-order valence-electron chi connectivity index (χ1n) is 5.92. The molecule has 0 saturated heterocycles. The number of benzene rings is 1. The van der Waals surface area contributed by atoms with Gasteiger partial charge in [0.1, 0.15) is 0 Å². The third-order valence-electron chi connectivity index (χ3n) is 2.76. The standard InChI is InChI=1S/C13H14ClN3O3S/c1-8-5-10(6-11(15)13(8)14)21(18,19)17-9-3-4-12(20-2)16-7-9/h3-7,17H,15H2,1-2H3. The molecule has 1 heterocycles. The minimum absolute atomic E-state index is 0.0396. The van der Waals surface area contributed by atoms with Gasteiger partial charge in [0.2, 0.25) is 5.88 Å². The summed E-state index contributed by atoms with van der Waals surface area (Å²) in [6, 6.07) is 5.88. The van der Waals surface area contributed by atoms with Gasteiger partial charge in [0, 0.05) is 6.07 Å². The number of anilines is 2. The predicted molar refractivity (Wildman–Crippen MR) is 82.2 cm³/mol. The van der Waals surface area contributed by atoms with E-state index in [-0.39, 0.29) is 10.6 Å². The van der Waals surface area contributed by atoms with Crippen LogP contribution in [0.2, 0.25) is 5.02 Å². The summed E-state index contributed by atoms with van der Waals surface area (Å²) in [7, 11) is -2.29. The van der Waals surface area contributed by atoms with Crippen LogP contribution in [0.1, 0.15) is 5.56 Å². The highest BCUT2D eigenvalue weighted by Crippen LogP contribution is 2.27. The number of pyridine rings is 1. The van der Waals surface area contributed by atoms with Gasteiger partial charge in [-0.1, -0.05) is 11.6 Å². The second-order valence-electron chi connectivity index (χ2n) is 4.34. The van der Waals surface area contributed by atoms with Gasteiger partial charge in [-0.25, -0.2) is 13.4 Å². The molecule has 1 aromatic heterocycles. The molecule has 6 nitrogen and oxygen atoms in total. The van der Waals surface area contributed by atoms with Gasteiger partial charge in [0.05, 0.1) is 34.6 Å². The Hall–Kier alpha value is -1.99. The highest BCUT2D eigenvalue weighted by atomic mass is 35.5. The molecule has 2 rings (SSSR count). The fraction of sp³-hybridized carbons (Fsp3) is 0.154. The van der Waals surface area contributed by atoms with Crippen molar-refractivity contribution >= 4 is 33.0 Å². The van der Waals surface area contributed by atoms with E-state index in [1.54, 1.807) is 19.1 Å². The van der Waals surface area contributed by atoms with E-state index in [2.05, 4.69) is 9.71 Å². The van der Waals surface area contributed by atoms with Crippen molar-refractivity contribution in [2.75, 3.05) is 17.6 Å². The minimum Gasteiger partial charge on any atom is -0.481 e. The Morgan fingerprint density at radius 2 is 2.05 bits per heavy atom. The molecule has 8 heteroatoms. The summed E-state index contributed by atoms with van der Waals surface area (Å²) in [5.41, 5.74) is 6.82. The number of hydrogen-bond donors (Lipinski definition) is 2. The van der Waals surface area contributed by atoms with E-state index >= 15 is 0 Å². The number of halogens is 1. The average Bonchev–Trinajstić information content (AvgIpc) is 2.44. The smallest absolute Gasteiger partial charge is 0.262 e. The molecule has 0 unspecified atom stereocenters. The molecular weight excluding hydrogens is 314 g/mol. The number of nitrogens with zero attached hydrogens (tertiary/aromatic N) is 1. The van der Waals surface area contributed by atoms with Crippen molar-refractivity contribution in [2.24, 2.45) is 0 Å². The zero-order valence-corrected chi connectivity index (χ0v) is 13.0. The molecular formula is C13H14ClN3O3S. The second kappa shape index (κ2) is 5.79. The van der Waals surface area contributed by atoms with E-state index in [9.17, 15) is 8.42 Å². The summed E-state index contributed by atoms with van der Waals surface area (Å²) in [4.78, 5) is 3.97. The Bertz CT molecular complexity index is 738. The van der Waals surface area contributed by atoms with Gasteiger partial charge in [-0.2, -0.15) is 0 Å². The molecule has 3 N–H and O–H groups in total. The molecule has 0 atom stereocenters. The molecule has 0 radical (unpaired) electrons. The Kier molecular flexibility index (Phi) is 4.24. The quantitative estimate of drug-likeness (QED) is 0.841. The lowest BCUT2D eigenvalue weighted by atomic mass is 10.2. The Labute approximate surface area is 128 Å². The molecule has 0 aliphatic carbocycles. The zero-order chi connectivity index (χ0) is 15.6. The van der Waals surface area contributed by atoms with Crippen LogP contribution in [0, 0.1) is 6.92 Å². The zero-order valence-electron chi connectivity index (χ0n) is 11.4. The maximum atomic E-state index is 12.3. The fourth-order valence-corrected chi connectivity index (χ4v) is 2.97. The summed E-state index contributed by atoms with van der Waals surface area (Å²) in [6.07, 6.45) is 1.36. The van der Waals surface area contributed by atoms with Crippen molar-refractivity contribution in [1.82, 2.24) is 4.98 Å². The number of aryl methyl sites for hydroxylation is 1. The maximum Gasteiger partial charge on any atom is 0.262 e. The number of hydrogen-bond acceptors (Lipinski definition) is 5. The maximum absolute atomic E-state index is 12.3. The van der Waals surface area contributed by atoms with E-state index in [0.29, 0.717) is 22.2 Å². The summed E-state index contributed by atoms with van der Waals surface area (Å²) < 4.78 is 31.9. The third-order valence-corrected chi connectivity index (χ3v) is 4.64. The van der Waals surface area contributed by atoms with Crippen LogP contribution >= 0.6 is 11.6 Å². The Morgan fingerprint density at radius 3 is 2.57 bits per heavy atom. The number of nitrogens with two attached hydrogens (primary N) is 1. The Morgan fingerprint density at radius 1 is 1.33 bits per heavy atom. The van der Waals surface area contributed by atoms with Crippen LogP contribution in [-0.4, -0.2) is 20.5 Å². The van der Waals surface area contributed by atoms with Crippen LogP contribution < -0.4 is 15.2 Å². The number of sulfonamides is 1. The van der Waals surface area contributed by atoms with Crippen LogP contribution in [0.5, 0.6) is 5.88 Å². The van der Waals surface area contributed by atoms with E-state index in [4.69, 9.17) is 22.1 Å². The molecule has 2 aromatic rings. The molecule has 0 saturated carbocycles. The van der Waals surface area contributed by atoms with Crippen molar-refractivity contribution < 1.29 is 13.2 Å². The monoisotopic (exact) mass is 327 g/mol. The first kappa shape index (κ1) is 15.4. The number of ether oxygens (including phenoxy) is 1. The Balaban J connectivity index is 2.33. The number of nitrogens with one attached hydrogen (secondary N) is 1. The molecule has 0 aliphatic heterocycles.